The van der Waals surface area contributed by atoms with Crippen LogP contribution in [-0.4, -0.2) is 56.5 Å². The van der Waals surface area contributed by atoms with Crippen LogP contribution in [0, 0.1) is 5.82 Å². The number of nitrogens with zero attached hydrogens (tertiary/aromatic N) is 2. The Kier molecular flexibility index (Phi) is 10.6. The highest BCUT2D eigenvalue weighted by Gasteiger charge is 2.36. The summed E-state index contributed by atoms with van der Waals surface area (Å²) in [5.74, 6) is -1.01. The summed E-state index contributed by atoms with van der Waals surface area (Å²) < 4.78 is 54.8. The lowest BCUT2D eigenvalue weighted by Gasteiger charge is -2.35. The zero-order valence-electron chi connectivity index (χ0n) is 26.9. The first-order valence-corrected chi connectivity index (χ1v) is 17.2. The molecule has 5 rings (SSSR count). The smallest absolute Gasteiger partial charge is 0.264 e. The van der Waals surface area contributed by atoms with E-state index in [0.717, 1.165) is 22.0 Å². The van der Waals surface area contributed by atoms with Crippen LogP contribution < -0.4 is 19.1 Å². The number of fused-ring (bicyclic) bond motifs is 1. The van der Waals surface area contributed by atoms with Gasteiger partial charge in [-0.2, -0.15) is 0 Å². The van der Waals surface area contributed by atoms with Crippen LogP contribution in [0.1, 0.15) is 31.9 Å². The number of sulfonamides is 1. The largest absolute Gasteiger partial charge is 0.486 e. The molecule has 0 aliphatic carbocycles. The van der Waals surface area contributed by atoms with E-state index in [0.29, 0.717) is 22.9 Å². The molecular weight excluding hydrogens is 657 g/mol. The van der Waals surface area contributed by atoms with Gasteiger partial charge in [0.1, 0.15) is 31.6 Å². The van der Waals surface area contributed by atoms with Crippen molar-refractivity contribution in [1.29, 1.82) is 0 Å². The first kappa shape index (κ1) is 34.7. The van der Waals surface area contributed by atoms with Crippen LogP contribution in [0.15, 0.2) is 102 Å². The summed E-state index contributed by atoms with van der Waals surface area (Å²) in [7, 11) is -4.44. The molecule has 9 nitrogen and oxygen atoms in total. The van der Waals surface area contributed by atoms with Gasteiger partial charge in [0.05, 0.1) is 10.6 Å². The third-order valence-corrected chi connectivity index (χ3v) is 9.51. The van der Waals surface area contributed by atoms with E-state index >= 15 is 0 Å². The zero-order valence-corrected chi connectivity index (χ0v) is 28.4. The first-order valence-electron chi connectivity index (χ1n) is 15.4. The molecule has 4 aromatic rings. The quantitative estimate of drug-likeness (QED) is 0.207. The number of carbonyl (C=O) groups excluding carboxylic acids is 2. The first-order chi connectivity index (χ1) is 22.8. The minimum absolute atomic E-state index is 0.0458. The van der Waals surface area contributed by atoms with Crippen molar-refractivity contribution in [1.82, 2.24) is 10.2 Å². The number of anilines is 1. The number of ether oxygens (including phenoxy) is 2. The summed E-state index contributed by atoms with van der Waals surface area (Å²) in [6.07, 6.45) is 0.153. The molecule has 1 atom stereocenters. The SMILES string of the molecule is CC(C)(C)NC(=O)[C@H](Cc1ccccc1)N(Cc1cccc(Cl)c1)C(=O)CN(c1ccc(F)cc1)S(=O)(=O)c1ccc2c(c1)OCCO2. The zero-order chi connectivity index (χ0) is 34.5. The monoisotopic (exact) mass is 693 g/mol. The summed E-state index contributed by atoms with van der Waals surface area (Å²) in [6.45, 7) is 5.34. The van der Waals surface area contributed by atoms with Gasteiger partial charge >= 0.3 is 0 Å². The molecule has 1 aliphatic heterocycles. The standard InChI is InChI=1S/C36H37ClFN3O6S/c1-36(2,3)39-35(43)31(21-25-8-5-4-6-9-25)40(23-26-10-7-11-27(37)20-26)34(42)24-41(29-14-12-28(38)13-15-29)48(44,45)30-16-17-32-33(22-30)47-19-18-46-32/h4-17,20,22,31H,18-19,21,23-24H2,1-3H3,(H,39,43)/t31-/m0/s1. The van der Waals surface area contributed by atoms with Crippen molar-refractivity contribution in [2.45, 2.75) is 50.2 Å². The number of hydrogen-bond donors (Lipinski definition) is 1. The molecule has 0 saturated carbocycles. The van der Waals surface area contributed by atoms with Crippen LogP contribution in [0.5, 0.6) is 11.5 Å². The number of hydrogen-bond acceptors (Lipinski definition) is 6. The Morgan fingerprint density at radius 1 is 0.875 bits per heavy atom. The summed E-state index contributed by atoms with van der Waals surface area (Å²) in [5, 5.41) is 3.43. The molecule has 1 aliphatic rings. The van der Waals surface area contributed by atoms with Crippen molar-refractivity contribution in [3.8, 4) is 11.5 Å². The minimum atomic E-state index is -4.44. The van der Waals surface area contributed by atoms with E-state index in [1.54, 1.807) is 24.3 Å². The van der Waals surface area contributed by atoms with Crippen LogP contribution >= 0.6 is 11.6 Å². The molecule has 48 heavy (non-hydrogen) atoms. The average molecular weight is 694 g/mol. The van der Waals surface area contributed by atoms with E-state index in [-0.39, 0.29) is 35.9 Å². The normalized spacial score (nSPS) is 13.4. The van der Waals surface area contributed by atoms with Gasteiger partial charge in [-0.15, -0.1) is 0 Å². The van der Waals surface area contributed by atoms with Crippen LogP contribution in [-0.2, 0) is 32.6 Å². The maximum Gasteiger partial charge on any atom is 0.264 e. The second-order valence-corrected chi connectivity index (χ2v) is 14.7. The third-order valence-electron chi connectivity index (χ3n) is 7.51. The Morgan fingerprint density at radius 2 is 1.54 bits per heavy atom. The van der Waals surface area contributed by atoms with E-state index in [2.05, 4.69) is 5.32 Å². The number of nitrogens with one attached hydrogen (secondary N) is 1. The van der Waals surface area contributed by atoms with Gasteiger partial charge in [-0.05, 0) is 80.4 Å². The molecule has 0 aromatic heterocycles. The van der Waals surface area contributed by atoms with Crippen molar-refractivity contribution >= 4 is 39.1 Å². The molecule has 0 radical (unpaired) electrons. The molecule has 0 unspecified atom stereocenters. The van der Waals surface area contributed by atoms with Crippen LogP contribution in [0.2, 0.25) is 5.02 Å². The van der Waals surface area contributed by atoms with Crippen molar-refractivity contribution in [3.05, 3.63) is 119 Å². The fourth-order valence-electron chi connectivity index (χ4n) is 5.29. The highest BCUT2D eigenvalue weighted by molar-refractivity contribution is 7.92. The summed E-state index contributed by atoms with van der Waals surface area (Å²) in [6, 6.07) is 24.1. The van der Waals surface area contributed by atoms with Gasteiger partial charge < -0.3 is 19.7 Å². The number of rotatable bonds is 11. The molecule has 2 amide bonds. The topological polar surface area (TPSA) is 105 Å². The predicted molar refractivity (Wildman–Crippen MR) is 182 cm³/mol. The maximum atomic E-state index is 14.6. The van der Waals surface area contributed by atoms with E-state index < -0.39 is 45.8 Å². The lowest BCUT2D eigenvalue weighted by molar-refractivity contribution is -0.140. The van der Waals surface area contributed by atoms with Gasteiger partial charge in [-0.3, -0.25) is 13.9 Å². The van der Waals surface area contributed by atoms with Crippen LogP contribution in [0.4, 0.5) is 10.1 Å². The lowest BCUT2D eigenvalue weighted by Crippen LogP contribution is -2.56. The fraction of sp³-hybridized carbons (Fsp3) is 0.278. The average Bonchev–Trinajstić information content (AvgIpc) is 3.05. The number of halogens is 2. The second kappa shape index (κ2) is 14.7. The van der Waals surface area contributed by atoms with Gasteiger partial charge in [0.2, 0.25) is 11.8 Å². The van der Waals surface area contributed by atoms with Gasteiger partial charge in [0, 0.05) is 29.6 Å². The van der Waals surface area contributed by atoms with Gasteiger partial charge in [-0.25, -0.2) is 12.8 Å². The number of carbonyl (C=O) groups is 2. The Labute approximate surface area is 285 Å². The van der Waals surface area contributed by atoms with E-state index in [1.165, 1.54) is 35.2 Å². The molecule has 0 spiro atoms. The van der Waals surface area contributed by atoms with E-state index in [9.17, 15) is 22.4 Å². The number of amides is 2. The molecule has 1 heterocycles. The maximum absolute atomic E-state index is 14.6. The van der Waals surface area contributed by atoms with Crippen LogP contribution in [0.3, 0.4) is 0 Å². The molecule has 0 fully saturated rings. The molecule has 4 aromatic carbocycles. The van der Waals surface area contributed by atoms with Crippen molar-refractivity contribution in [2.24, 2.45) is 0 Å². The Morgan fingerprint density at radius 3 is 2.21 bits per heavy atom. The molecule has 0 saturated heterocycles. The summed E-state index contributed by atoms with van der Waals surface area (Å²) in [5.41, 5.74) is 0.870. The van der Waals surface area contributed by atoms with Crippen molar-refractivity contribution < 1.29 is 31.9 Å². The number of benzene rings is 4. The van der Waals surface area contributed by atoms with Crippen LogP contribution in [0.25, 0.3) is 0 Å². The molecule has 12 heteroatoms. The second-order valence-electron chi connectivity index (χ2n) is 12.4. The Bertz CT molecular complexity index is 1870. The van der Waals surface area contributed by atoms with Crippen molar-refractivity contribution in [3.63, 3.8) is 0 Å². The molecule has 252 valence electrons. The Balaban J connectivity index is 1.58. The summed E-state index contributed by atoms with van der Waals surface area (Å²) >= 11 is 6.30. The Hall–Kier alpha value is -4.61. The van der Waals surface area contributed by atoms with E-state index in [4.69, 9.17) is 21.1 Å². The highest BCUT2D eigenvalue weighted by Crippen LogP contribution is 2.34. The predicted octanol–water partition coefficient (Wildman–Crippen LogP) is 6.00. The fourth-order valence-corrected chi connectivity index (χ4v) is 6.93. The lowest BCUT2D eigenvalue weighted by atomic mass is 10.0. The van der Waals surface area contributed by atoms with Gasteiger partial charge in [-0.1, -0.05) is 54.1 Å². The van der Waals surface area contributed by atoms with Crippen molar-refractivity contribution in [2.75, 3.05) is 24.1 Å². The molecular formula is C36H37ClFN3O6S. The summed E-state index contributed by atoms with van der Waals surface area (Å²) in [4.78, 5) is 29.8. The third kappa shape index (κ3) is 8.64. The van der Waals surface area contributed by atoms with Gasteiger partial charge in [0.25, 0.3) is 10.0 Å². The highest BCUT2D eigenvalue weighted by atomic mass is 35.5. The van der Waals surface area contributed by atoms with Gasteiger partial charge in [0.15, 0.2) is 11.5 Å². The molecule has 1 N–H and O–H groups in total. The minimum Gasteiger partial charge on any atom is -0.486 e. The molecule has 0 bridgehead atoms. The van der Waals surface area contributed by atoms with E-state index in [1.807, 2.05) is 51.1 Å².